The molecule has 0 aliphatic heterocycles. The number of amides is 1. The average molecular weight is 283 g/mol. The minimum atomic E-state index is -0.239. The monoisotopic (exact) mass is 283 g/mol. The van der Waals surface area contributed by atoms with E-state index in [2.05, 4.69) is 10.2 Å². The number of thioether (sulfide) groups is 1. The fourth-order valence-electron chi connectivity index (χ4n) is 1.32. The quantitative estimate of drug-likeness (QED) is 0.806. The first-order valence-electron chi connectivity index (χ1n) is 5.33. The zero-order chi connectivity index (χ0) is 13.1. The molecule has 18 heavy (non-hydrogen) atoms. The van der Waals surface area contributed by atoms with Crippen molar-refractivity contribution in [3.05, 3.63) is 17.5 Å². The zero-order valence-electron chi connectivity index (χ0n) is 10.3. The third-order valence-corrected chi connectivity index (χ3v) is 3.98. The van der Waals surface area contributed by atoms with Gasteiger partial charge < -0.3 is 9.32 Å². The highest BCUT2D eigenvalue weighted by atomic mass is 32.2. The maximum absolute atomic E-state index is 11.7. The van der Waals surface area contributed by atoms with Crippen molar-refractivity contribution in [2.45, 2.75) is 17.4 Å². The molecule has 5 nitrogen and oxygen atoms in total. The summed E-state index contributed by atoms with van der Waals surface area (Å²) in [5.74, 6) is 0.521. The van der Waals surface area contributed by atoms with Crippen LogP contribution in [0, 0.1) is 0 Å². The largest absolute Gasteiger partial charge is 0.410 e. The number of aromatic nitrogens is 2. The van der Waals surface area contributed by atoms with Crippen molar-refractivity contribution in [3.8, 4) is 10.8 Å². The first-order valence-corrected chi connectivity index (χ1v) is 7.09. The van der Waals surface area contributed by atoms with E-state index in [9.17, 15) is 4.79 Å². The van der Waals surface area contributed by atoms with Crippen LogP contribution in [0.4, 0.5) is 0 Å². The standard InChI is InChI=1S/C11H13N3O2S2/c1-7(10(15)14(2)3)18-11-13-12-9(16-11)8-5-4-6-17-8/h4-7H,1-3H3/t7-/m0/s1. The Morgan fingerprint density at radius 2 is 2.28 bits per heavy atom. The van der Waals surface area contributed by atoms with E-state index in [1.165, 1.54) is 23.1 Å². The van der Waals surface area contributed by atoms with Crippen LogP contribution in [0.2, 0.25) is 0 Å². The second-order valence-electron chi connectivity index (χ2n) is 3.84. The predicted octanol–water partition coefficient (Wildman–Crippen LogP) is 2.37. The van der Waals surface area contributed by atoms with Gasteiger partial charge in [0, 0.05) is 14.1 Å². The lowest BCUT2D eigenvalue weighted by Gasteiger charge is -2.14. The lowest BCUT2D eigenvalue weighted by Crippen LogP contribution is -2.29. The average Bonchev–Trinajstić information content (AvgIpc) is 2.96. The predicted molar refractivity (Wildman–Crippen MR) is 71.6 cm³/mol. The van der Waals surface area contributed by atoms with Crippen LogP contribution in [0.15, 0.2) is 27.2 Å². The second kappa shape index (κ2) is 5.53. The van der Waals surface area contributed by atoms with Gasteiger partial charge in [-0.1, -0.05) is 17.8 Å². The van der Waals surface area contributed by atoms with E-state index >= 15 is 0 Å². The van der Waals surface area contributed by atoms with E-state index in [-0.39, 0.29) is 11.2 Å². The fourth-order valence-corrected chi connectivity index (χ4v) is 2.80. The fraction of sp³-hybridized carbons (Fsp3) is 0.364. The molecule has 0 unspecified atom stereocenters. The van der Waals surface area contributed by atoms with Gasteiger partial charge in [0.25, 0.3) is 11.1 Å². The van der Waals surface area contributed by atoms with E-state index < -0.39 is 0 Å². The van der Waals surface area contributed by atoms with Crippen LogP contribution in [0.5, 0.6) is 0 Å². The molecule has 1 amide bonds. The molecule has 2 aromatic heterocycles. The Labute approximate surface area is 113 Å². The molecule has 0 aliphatic rings. The highest BCUT2D eigenvalue weighted by Gasteiger charge is 2.20. The first kappa shape index (κ1) is 13.1. The summed E-state index contributed by atoms with van der Waals surface area (Å²) in [6.07, 6.45) is 0. The normalized spacial score (nSPS) is 12.4. The van der Waals surface area contributed by atoms with Gasteiger partial charge in [-0.05, 0) is 18.4 Å². The maximum Gasteiger partial charge on any atom is 0.277 e. The van der Waals surface area contributed by atoms with E-state index in [1.807, 2.05) is 24.4 Å². The summed E-state index contributed by atoms with van der Waals surface area (Å²) in [6, 6.07) is 3.84. The maximum atomic E-state index is 11.7. The van der Waals surface area contributed by atoms with Crippen LogP contribution >= 0.6 is 23.1 Å². The van der Waals surface area contributed by atoms with Crippen molar-refractivity contribution in [3.63, 3.8) is 0 Å². The minimum Gasteiger partial charge on any atom is -0.410 e. The van der Waals surface area contributed by atoms with Crippen LogP contribution in [-0.2, 0) is 4.79 Å². The highest BCUT2D eigenvalue weighted by Crippen LogP contribution is 2.28. The topological polar surface area (TPSA) is 59.2 Å². The molecule has 2 heterocycles. The number of carbonyl (C=O) groups excluding carboxylic acids is 1. The number of nitrogens with zero attached hydrogens (tertiary/aromatic N) is 3. The minimum absolute atomic E-state index is 0.0240. The molecule has 0 saturated carbocycles. The number of hydrogen-bond acceptors (Lipinski definition) is 6. The second-order valence-corrected chi connectivity index (χ2v) is 6.08. The summed E-state index contributed by atoms with van der Waals surface area (Å²) in [6.45, 7) is 1.82. The summed E-state index contributed by atoms with van der Waals surface area (Å²) < 4.78 is 5.51. The zero-order valence-corrected chi connectivity index (χ0v) is 11.9. The van der Waals surface area contributed by atoms with Gasteiger partial charge in [0.1, 0.15) is 0 Å². The molecule has 0 spiro atoms. The SMILES string of the molecule is C[C@H](Sc1nnc(-c2cccs2)o1)C(=O)N(C)C. The van der Waals surface area contributed by atoms with E-state index in [0.29, 0.717) is 11.1 Å². The molecule has 2 rings (SSSR count). The van der Waals surface area contributed by atoms with Crippen LogP contribution < -0.4 is 0 Å². The van der Waals surface area contributed by atoms with E-state index in [4.69, 9.17) is 4.42 Å². The Balaban J connectivity index is 2.05. The molecule has 0 aromatic carbocycles. The lowest BCUT2D eigenvalue weighted by molar-refractivity contribution is -0.127. The van der Waals surface area contributed by atoms with Gasteiger partial charge in [-0.25, -0.2) is 0 Å². The van der Waals surface area contributed by atoms with Gasteiger partial charge in [-0.15, -0.1) is 21.5 Å². The molecule has 2 aromatic rings. The van der Waals surface area contributed by atoms with Gasteiger partial charge >= 0.3 is 0 Å². The van der Waals surface area contributed by atoms with Gasteiger partial charge in [-0.3, -0.25) is 4.79 Å². The Hall–Kier alpha value is -1.34. The summed E-state index contributed by atoms with van der Waals surface area (Å²) >= 11 is 2.81. The van der Waals surface area contributed by atoms with Crippen molar-refractivity contribution in [1.29, 1.82) is 0 Å². The Morgan fingerprint density at radius 1 is 1.50 bits per heavy atom. The summed E-state index contributed by atoms with van der Waals surface area (Å²) in [5, 5.41) is 10.0. The number of hydrogen-bond donors (Lipinski definition) is 0. The molecular formula is C11H13N3O2S2. The van der Waals surface area contributed by atoms with E-state index in [0.717, 1.165) is 4.88 Å². The summed E-state index contributed by atoms with van der Waals surface area (Å²) in [7, 11) is 3.45. The molecule has 0 N–H and O–H groups in total. The molecule has 0 aliphatic carbocycles. The molecule has 0 radical (unpaired) electrons. The molecule has 1 atom stereocenters. The highest BCUT2D eigenvalue weighted by molar-refractivity contribution is 8.00. The first-order chi connectivity index (χ1) is 8.58. The Kier molecular flexibility index (Phi) is 4.03. The lowest BCUT2D eigenvalue weighted by atomic mass is 10.4. The molecule has 0 saturated heterocycles. The van der Waals surface area contributed by atoms with Crippen LogP contribution in [0.3, 0.4) is 0 Å². The van der Waals surface area contributed by atoms with Crippen molar-refractivity contribution in [2.24, 2.45) is 0 Å². The third kappa shape index (κ3) is 2.91. The number of rotatable bonds is 4. The van der Waals surface area contributed by atoms with Crippen molar-refractivity contribution < 1.29 is 9.21 Å². The summed E-state index contributed by atoms with van der Waals surface area (Å²) in [5.41, 5.74) is 0. The third-order valence-electron chi connectivity index (χ3n) is 2.20. The van der Waals surface area contributed by atoms with Crippen molar-refractivity contribution in [2.75, 3.05) is 14.1 Å². The van der Waals surface area contributed by atoms with Crippen molar-refractivity contribution >= 4 is 29.0 Å². The van der Waals surface area contributed by atoms with Gasteiger partial charge in [0.05, 0.1) is 10.1 Å². The van der Waals surface area contributed by atoms with Gasteiger partial charge in [0.2, 0.25) is 5.91 Å². The smallest absolute Gasteiger partial charge is 0.277 e. The Morgan fingerprint density at radius 3 is 2.89 bits per heavy atom. The van der Waals surface area contributed by atoms with Crippen LogP contribution in [-0.4, -0.2) is 40.3 Å². The van der Waals surface area contributed by atoms with Gasteiger partial charge in [-0.2, -0.15) is 0 Å². The summed E-state index contributed by atoms with van der Waals surface area (Å²) in [4.78, 5) is 14.2. The van der Waals surface area contributed by atoms with Crippen LogP contribution in [0.1, 0.15) is 6.92 Å². The molecule has 0 fully saturated rings. The van der Waals surface area contributed by atoms with Crippen LogP contribution in [0.25, 0.3) is 10.8 Å². The molecular weight excluding hydrogens is 270 g/mol. The van der Waals surface area contributed by atoms with Crippen molar-refractivity contribution in [1.82, 2.24) is 15.1 Å². The molecule has 96 valence electrons. The van der Waals surface area contributed by atoms with E-state index in [1.54, 1.807) is 19.0 Å². The Bertz CT molecular complexity index is 522. The number of carbonyl (C=O) groups is 1. The number of thiophene rings is 1. The molecule has 0 bridgehead atoms. The van der Waals surface area contributed by atoms with Gasteiger partial charge in [0.15, 0.2) is 0 Å². The molecule has 7 heteroatoms.